The lowest BCUT2D eigenvalue weighted by molar-refractivity contribution is -0.132. The number of aliphatic hydroxyl groups excluding tert-OH is 1. The molecule has 6 nitrogen and oxygen atoms in total. The van der Waals surface area contributed by atoms with Gasteiger partial charge in [0.15, 0.2) is 0 Å². The van der Waals surface area contributed by atoms with E-state index in [1.165, 1.54) is 30.4 Å². The van der Waals surface area contributed by atoms with E-state index < -0.39 is 29.3 Å². The average molecular weight is 421 g/mol. The molecule has 1 aromatic heterocycles. The van der Waals surface area contributed by atoms with Crippen molar-refractivity contribution in [1.29, 1.82) is 0 Å². The van der Waals surface area contributed by atoms with Gasteiger partial charge in [0.1, 0.15) is 29.1 Å². The van der Waals surface area contributed by atoms with Crippen molar-refractivity contribution in [3.8, 4) is 5.75 Å². The van der Waals surface area contributed by atoms with E-state index in [4.69, 9.17) is 9.15 Å². The molecule has 2 heterocycles. The summed E-state index contributed by atoms with van der Waals surface area (Å²) < 4.78 is 24.6. The van der Waals surface area contributed by atoms with Crippen LogP contribution in [0.15, 0.2) is 70.9 Å². The van der Waals surface area contributed by atoms with Gasteiger partial charge in [0.05, 0.1) is 24.5 Å². The molecule has 0 saturated carbocycles. The van der Waals surface area contributed by atoms with Crippen molar-refractivity contribution >= 4 is 23.1 Å². The summed E-state index contributed by atoms with van der Waals surface area (Å²) in [4.78, 5) is 27.3. The van der Waals surface area contributed by atoms with E-state index in [1.807, 2.05) is 19.1 Å². The number of ketones is 1. The molecule has 0 spiro atoms. The highest BCUT2D eigenvalue weighted by Crippen LogP contribution is 2.43. The summed E-state index contributed by atoms with van der Waals surface area (Å²) >= 11 is 0. The number of Topliss-reactive ketones (excluding diaryl/α,β-unsaturated/α-hetero) is 1. The number of aryl methyl sites for hydroxylation is 1. The normalized spacial score (nSPS) is 17.9. The second kappa shape index (κ2) is 8.10. The van der Waals surface area contributed by atoms with Crippen LogP contribution in [0.2, 0.25) is 0 Å². The minimum absolute atomic E-state index is 0.0293. The van der Waals surface area contributed by atoms with E-state index in [0.717, 1.165) is 18.1 Å². The van der Waals surface area contributed by atoms with Gasteiger partial charge in [-0.1, -0.05) is 19.1 Å². The molecule has 1 saturated heterocycles. The fraction of sp³-hybridized carbons (Fsp3) is 0.167. The van der Waals surface area contributed by atoms with Gasteiger partial charge in [0, 0.05) is 5.69 Å². The second-order valence-electron chi connectivity index (χ2n) is 7.05. The van der Waals surface area contributed by atoms with Crippen molar-refractivity contribution in [2.75, 3.05) is 12.0 Å². The molecule has 7 heteroatoms. The van der Waals surface area contributed by atoms with Gasteiger partial charge >= 0.3 is 0 Å². The average Bonchev–Trinajstić information content (AvgIpc) is 3.40. The predicted molar refractivity (Wildman–Crippen MR) is 112 cm³/mol. The molecule has 2 aromatic carbocycles. The molecule has 1 aliphatic rings. The van der Waals surface area contributed by atoms with Crippen LogP contribution in [0.5, 0.6) is 5.75 Å². The van der Waals surface area contributed by atoms with E-state index in [2.05, 4.69) is 0 Å². The van der Waals surface area contributed by atoms with Crippen molar-refractivity contribution in [2.24, 2.45) is 0 Å². The van der Waals surface area contributed by atoms with Crippen LogP contribution in [0.1, 0.15) is 29.9 Å². The van der Waals surface area contributed by atoms with Crippen LogP contribution in [0.25, 0.3) is 5.76 Å². The quantitative estimate of drug-likeness (QED) is 0.370. The van der Waals surface area contributed by atoms with Crippen LogP contribution < -0.4 is 9.64 Å². The van der Waals surface area contributed by atoms with E-state index in [9.17, 15) is 19.1 Å². The maximum absolute atomic E-state index is 13.9. The Kier molecular flexibility index (Phi) is 5.33. The highest BCUT2D eigenvalue weighted by molar-refractivity contribution is 6.51. The van der Waals surface area contributed by atoms with Gasteiger partial charge in [-0.15, -0.1) is 0 Å². The SMILES string of the molecule is CCc1ccc(N2C(=O)C(=O)/C(=C(\O)c3cc(F)ccc3OC)C2c2ccco2)cc1. The number of benzene rings is 2. The zero-order chi connectivity index (χ0) is 22.1. The molecule has 3 aromatic rings. The lowest BCUT2D eigenvalue weighted by Crippen LogP contribution is -2.29. The number of nitrogens with zero attached hydrogens (tertiary/aromatic N) is 1. The summed E-state index contributed by atoms with van der Waals surface area (Å²) in [5.74, 6) is -2.43. The summed E-state index contributed by atoms with van der Waals surface area (Å²) in [6.45, 7) is 2.01. The molecule has 1 atom stereocenters. The molecule has 1 fully saturated rings. The Hall–Kier alpha value is -3.87. The molecule has 1 unspecified atom stereocenters. The predicted octanol–water partition coefficient (Wildman–Crippen LogP) is 4.62. The third-order valence-corrected chi connectivity index (χ3v) is 5.30. The lowest BCUT2D eigenvalue weighted by Gasteiger charge is -2.23. The number of amides is 1. The smallest absolute Gasteiger partial charge is 0.300 e. The highest BCUT2D eigenvalue weighted by Gasteiger charge is 2.48. The van der Waals surface area contributed by atoms with Gasteiger partial charge in [-0.3, -0.25) is 14.5 Å². The molecule has 31 heavy (non-hydrogen) atoms. The molecule has 1 N–H and O–H groups in total. The molecular formula is C24H20FNO5. The van der Waals surface area contributed by atoms with Gasteiger partial charge in [0.25, 0.3) is 11.7 Å². The Morgan fingerprint density at radius 1 is 1.16 bits per heavy atom. The largest absolute Gasteiger partial charge is 0.507 e. The molecule has 1 amide bonds. The van der Waals surface area contributed by atoms with Crippen LogP contribution in [0.4, 0.5) is 10.1 Å². The molecule has 158 valence electrons. The monoisotopic (exact) mass is 421 g/mol. The number of aliphatic hydroxyl groups is 1. The van der Waals surface area contributed by atoms with Crippen LogP contribution >= 0.6 is 0 Å². The van der Waals surface area contributed by atoms with E-state index in [-0.39, 0.29) is 22.6 Å². The van der Waals surface area contributed by atoms with Gasteiger partial charge in [0.2, 0.25) is 0 Å². The van der Waals surface area contributed by atoms with Crippen LogP contribution in [0, 0.1) is 5.82 Å². The topological polar surface area (TPSA) is 80.0 Å². The third kappa shape index (κ3) is 3.48. The number of carbonyl (C=O) groups excluding carboxylic acids is 2. The zero-order valence-electron chi connectivity index (χ0n) is 17.0. The van der Waals surface area contributed by atoms with Crippen LogP contribution in [0.3, 0.4) is 0 Å². The standard InChI is InChI=1S/C24H20FNO5/c1-3-14-6-9-16(10-7-14)26-21(19-5-4-12-31-19)20(23(28)24(26)29)22(27)17-13-15(25)8-11-18(17)30-2/h4-13,21,27H,3H2,1-2H3/b22-20-. The number of rotatable bonds is 5. The van der Waals surface area contributed by atoms with Crippen molar-refractivity contribution in [3.63, 3.8) is 0 Å². The lowest BCUT2D eigenvalue weighted by atomic mass is 9.98. The number of ether oxygens (including phenoxy) is 1. The molecule has 0 bridgehead atoms. The van der Waals surface area contributed by atoms with E-state index in [1.54, 1.807) is 24.3 Å². The zero-order valence-corrected chi connectivity index (χ0v) is 17.0. The second-order valence-corrected chi connectivity index (χ2v) is 7.05. The van der Waals surface area contributed by atoms with Crippen LogP contribution in [-0.2, 0) is 16.0 Å². The molecule has 4 rings (SSSR count). The van der Waals surface area contributed by atoms with Gasteiger partial charge in [-0.25, -0.2) is 4.39 Å². The minimum atomic E-state index is -1.02. The third-order valence-electron chi connectivity index (χ3n) is 5.30. The molecular weight excluding hydrogens is 401 g/mol. The van der Waals surface area contributed by atoms with Crippen molar-refractivity contribution in [3.05, 3.63) is 89.1 Å². The maximum atomic E-state index is 13.9. The first-order chi connectivity index (χ1) is 15.0. The first kappa shape index (κ1) is 20.4. The Morgan fingerprint density at radius 3 is 2.52 bits per heavy atom. The molecule has 1 aliphatic heterocycles. The van der Waals surface area contributed by atoms with Gasteiger partial charge in [-0.05, 0) is 54.4 Å². The number of furan rings is 1. The summed E-state index contributed by atoms with van der Waals surface area (Å²) in [5, 5.41) is 11.1. The number of methoxy groups -OCH3 is 1. The minimum Gasteiger partial charge on any atom is -0.507 e. The summed E-state index contributed by atoms with van der Waals surface area (Å²) in [7, 11) is 1.36. The Morgan fingerprint density at radius 2 is 1.90 bits per heavy atom. The Bertz CT molecular complexity index is 1170. The van der Waals surface area contributed by atoms with Crippen LogP contribution in [-0.4, -0.2) is 23.9 Å². The highest BCUT2D eigenvalue weighted by atomic mass is 19.1. The van der Waals surface area contributed by atoms with E-state index in [0.29, 0.717) is 5.69 Å². The molecule has 0 radical (unpaired) electrons. The number of halogens is 1. The van der Waals surface area contributed by atoms with Gasteiger partial charge in [-0.2, -0.15) is 0 Å². The van der Waals surface area contributed by atoms with Crippen molar-refractivity contribution < 1.29 is 28.2 Å². The first-order valence-electron chi connectivity index (χ1n) is 9.73. The Labute approximate surface area is 178 Å². The summed E-state index contributed by atoms with van der Waals surface area (Å²) in [6.07, 6.45) is 2.23. The number of hydrogen-bond acceptors (Lipinski definition) is 5. The number of hydrogen-bond donors (Lipinski definition) is 1. The van der Waals surface area contributed by atoms with Crippen molar-refractivity contribution in [1.82, 2.24) is 0 Å². The summed E-state index contributed by atoms with van der Waals surface area (Å²) in [5.41, 5.74) is 1.31. The first-order valence-corrected chi connectivity index (χ1v) is 9.73. The maximum Gasteiger partial charge on any atom is 0.300 e. The number of anilines is 1. The summed E-state index contributed by atoms with van der Waals surface area (Å²) in [6, 6.07) is 13.0. The number of carbonyl (C=O) groups is 2. The fourth-order valence-electron chi connectivity index (χ4n) is 3.72. The van der Waals surface area contributed by atoms with Gasteiger partial charge < -0.3 is 14.3 Å². The van der Waals surface area contributed by atoms with E-state index >= 15 is 0 Å². The van der Waals surface area contributed by atoms with Crippen molar-refractivity contribution in [2.45, 2.75) is 19.4 Å². The fourth-order valence-corrected chi connectivity index (χ4v) is 3.72. The Balaban J connectivity index is 1.93. The molecule has 0 aliphatic carbocycles.